The van der Waals surface area contributed by atoms with Crippen molar-refractivity contribution in [3.05, 3.63) is 54.1 Å². The Bertz CT molecular complexity index is 899. The van der Waals surface area contributed by atoms with Crippen LogP contribution in [0.25, 0.3) is 10.2 Å². The largest absolute Gasteiger partial charge is 0.354 e. The molecule has 0 saturated heterocycles. The Morgan fingerprint density at radius 2 is 1.86 bits per heavy atom. The van der Waals surface area contributed by atoms with Gasteiger partial charge in [-0.05, 0) is 23.8 Å². The Morgan fingerprint density at radius 1 is 1.10 bits per heavy atom. The topological polar surface area (TPSA) is 59.1 Å². The first-order chi connectivity index (χ1) is 10.1. The number of fused-ring (bicyclic) bond motifs is 2. The molecular formula is C15H12N2O2S2. The molecule has 4 nitrogen and oxygen atoms in total. The highest BCUT2D eigenvalue weighted by molar-refractivity contribution is 7.91. The molecule has 2 aromatic carbocycles. The van der Waals surface area contributed by atoms with Crippen molar-refractivity contribution in [2.45, 2.75) is 10.9 Å². The van der Waals surface area contributed by atoms with Gasteiger partial charge in [-0.1, -0.05) is 41.7 Å². The zero-order valence-corrected chi connectivity index (χ0v) is 12.6. The molecule has 1 aromatic heterocycles. The number of rotatable bonds is 2. The number of sulfone groups is 1. The van der Waals surface area contributed by atoms with Crippen molar-refractivity contribution in [2.24, 2.45) is 0 Å². The molecule has 0 radical (unpaired) electrons. The van der Waals surface area contributed by atoms with Gasteiger partial charge in [0.15, 0.2) is 15.0 Å². The number of benzene rings is 2. The first-order valence-corrected chi connectivity index (χ1v) is 9.04. The number of thiazole rings is 1. The van der Waals surface area contributed by atoms with E-state index in [9.17, 15) is 8.42 Å². The summed E-state index contributed by atoms with van der Waals surface area (Å²) in [6.07, 6.45) is 0. The minimum Gasteiger partial charge on any atom is -0.354 e. The van der Waals surface area contributed by atoms with E-state index >= 15 is 0 Å². The number of aromatic nitrogens is 1. The van der Waals surface area contributed by atoms with Crippen LogP contribution in [0.5, 0.6) is 0 Å². The Hall–Kier alpha value is -1.92. The smallest absolute Gasteiger partial charge is 0.184 e. The summed E-state index contributed by atoms with van der Waals surface area (Å²) in [6.45, 7) is 0. The molecule has 6 heteroatoms. The molecule has 3 aromatic rings. The monoisotopic (exact) mass is 316 g/mol. The van der Waals surface area contributed by atoms with E-state index in [4.69, 9.17) is 0 Å². The normalized spacial score (nSPS) is 19.5. The molecule has 0 aliphatic carbocycles. The van der Waals surface area contributed by atoms with Crippen molar-refractivity contribution in [1.82, 2.24) is 4.98 Å². The van der Waals surface area contributed by atoms with E-state index in [0.29, 0.717) is 4.90 Å². The Balaban J connectivity index is 1.72. The van der Waals surface area contributed by atoms with Gasteiger partial charge in [0.1, 0.15) is 0 Å². The average Bonchev–Trinajstić information content (AvgIpc) is 2.98. The SMILES string of the molecule is O=S1(=O)CC(Nc2nc3ccccc3s2)c2ccccc21. The van der Waals surface area contributed by atoms with Crippen LogP contribution < -0.4 is 5.32 Å². The molecule has 1 aliphatic rings. The van der Waals surface area contributed by atoms with Crippen molar-refractivity contribution in [1.29, 1.82) is 0 Å². The molecule has 0 saturated carbocycles. The number of anilines is 1. The van der Waals surface area contributed by atoms with Crippen LogP contribution >= 0.6 is 11.3 Å². The van der Waals surface area contributed by atoms with E-state index in [0.717, 1.165) is 20.9 Å². The van der Waals surface area contributed by atoms with Crippen LogP contribution in [-0.2, 0) is 9.84 Å². The van der Waals surface area contributed by atoms with E-state index in [1.165, 1.54) is 0 Å². The molecule has 1 unspecified atom stereocenters. The van der Waals surface area contributed by atoms with Crippen LogP contribution in [0.2, 0.25) is 0 Å². The molecule has 2 heterocycles. The van der Waals surface area contributed by atoms with Crippen molar-refractivity contribution < 1.29 is 8.42 Å². The highest BCUT2D eigenvalue weighted by Crippen LogP contribution is 2.36. The third-order valence-corrected chi connectivity index (χ3v) is 6.39. The molecule has 1 atom stereocenters. The van der Waals surface area contributed by atoms with Gasteiger partial charge in [-0.2, -0.15) is 0 Å². The maximum absolute atomic E-state index is 12.2. The highest BCUT2D eigenvalue weighted by atomic mass is 32.2. The summed E-state index contributed by atoms with van der Waals surface area (Å²) in [5, 5.41) is 4.03. The zero-order valence-electron chi connectivity index (χ0n) is 11.0. The quantitative estimate of drug-likeness (QED) is 0.788. The van der Waals surface area contributed by atoms with Gasteiger partial charge in [0.25, 0.3) is 0 Å². The minimum atomic E-state index is -3.19. The number of nitrogens with one attached hydrogen (secondary N) is 1. The molecule has 4 rings (SSSR count). The summed E-state index contributed by atoms with van der Waals surface area (Å²) in [6, 6.07) is 14.8. The maximum atomic E-state index is 12.2. The molecule has 0 spiro atoms. The second-order valence-corrected chi connectivity index (χ2v) is 8.04. The van der Waals surface area contributed by atoms with Crippen molar-refractivity contribution in [3.8, 4) is 0 Å². The first-order valence-electron chi connectivity index (χ1n) is 6.57. The molecule has 21 heavy (non-hydrogen) atoms. The van der Waals surface area contributed by atoms with Gasteiger partial charge in [-0.15, -0.1) is 0 Å². The van der Waals surface area contributed by atoms with Gasteiger partial charge >= 0.3 is 0 Å². The van der Waals surface area contributed by atoms with Crippen LogP contribution in [-0.4, -0.2) is 19.2 Å². The van der Waals surface area contributed by atoms with Crippen LogP contribution in [0.3, 0.4) is 0 Å². The standard InChI is InChI=1S/C15H12N2O2S2/c18-21(19)9-12(10-5-1-4-8-14(10)21)17-15-16-11-6-2-3-7-13(11)20-15/h1-8,12H,9H2,(H,16,17). The molecule has 1 N–H and O–H groups in total. The minimum absolute atomic E-state index is 0.0856. The van der Waals surface area contributed by atoms with Crippen molar-refractivity contribution in [3.63, 3.8) is 0 Å². The van der Waals surface area contributed by atoms with Crippen LogP contribution in [0.4, 0.5) is 5.13 Å². The predicted molar refractivity (Wildman–Crippen MR) is 84.5 cm³/mol. The van der Waals surface area contributed by atoms with Gasteiger partial charge in [-0.25, -0.2) is 13.4 Å². The summed E-state index contributed by atoms with van der Waals surface area (Å²) < 4.78 is 25.4. The molecule has 106 valence electrons. The zero-order chi connectivity index (χ0) is 14.4. The lowest BCUT2D eigenvalue weighted by molar-refractivity contribution is 0.598. The van der Waals surface area contributed by atoms with Gasteiger partial charge in [0.2, 0.25) is 0 Å². The number of hydrogen-bond donors (Lipinski definition) is 1. The van der Waals surface area contributed by atoms with E-state index in [2.05, 4.69) is 10.3 Å². The summed E-state index contributed by atoms with van der Waals surface area (Å²) in [4.78, 5) is 4.94. The van der Waals surface area contributed by atoms with Gasteiger partial charge < -0.3 is 5.32 Å². The third kappa shape index (κ3) is 2.11. The lowest BCUT2D eigenvalue weighted by Gasteiger charge is -2.10. The van der Waals surface area contributed by atoms with E-state index in [-0.39, 0.29) is 11.8 Å². The molecule has 1 aliphatic heterocycles. The lowest BCUT2D eigenvalue weighted by Crippen LogP contribution is -2.12. The van der Waals surface area contributed by atoms with E-state index < -0.39 is 9.84 Å². The predicted octanol–water partition coefficient (Wildman–Crippen LogP) is 3.24. The van der Waals surface area contributed by atoms with Crippen LogP contribution in [0.1, 0.15) is 11.6 Å². The number of nitrogens with zero attached hydrogens (tertiary/aromatic N) is 1. The fourth-order valence-electron chi connectivity index (χ4n) is 2.65. The molecule has 0 amide bonds. The van der Waals surface area contributed by atoms with Crippen molar-refractivity contribution >= 4 is 36.5 Å². The van der Waals surface area contributed by atoms with E-state index in [1.54, 1.807) is 23.5 Å². The summed E-state index contributed by atoms with van der Waals surface area (Å²) in [7, 11) is -3.19. The summed E-state index contributed by atoms with van der Waals surface area (Å²) in [5.41, 5.74) is 1.76. The number of hydrogen-bond acceptors (Lipinski definition) is 5. The fraction of sp³-hybridized carbons (Fsp3) is 0.133. The second-order valence-electron chi connectivity index (χ2n) is 5.00. The third-order valence-electron chi connectivity index (χ3n) is 3.61. The average molecular weight is 316 g/mol. The van der Waals surface area contributed by atoms with Gasteiger partial charge in [0.05, 0.1) is 26.9 Å². The molecule has 0 bridgehead atoms. The molecular weight excluding hydrogens is 304 g/mol. The Labute approximate surface area is 126 Å². The van der Waals surface area contributed by atoms with E-state index in [1.807, 2.05) is 36.4 Å². The van der Waals surface area contributed by atoms with Crippen molar-refractivity contribution in [2.75, 3.05) is 11.1 Å². The fourth-order valence-corrected chi connectivity index (χ4v) is 5.31. The second kappa shape index (κ2) is 4.54. The lowest BCUT2D eigenvalue weighted by atomic mass is 10.1. The van der Waals surface area contributed by atoms with Crippen LogP contribution in [0.15, 0.2) is 53.4 Å². The van der Waals surface area contributed by atoms with Gasteiger partial charge in [0, 0.05) is 0 Å². The summed E-state index contributed by atoms with van der Waals surface area (Å²) >= 11 is 1.54. The van der Waals surface area contributed by atoms with Crippen LogP contribution in [0, 0.1) is 0 Å². The van der Waals surface area contributed by atoms with Gasteiger partial charge in [-0.3, -0.25) is 0 Å². The highest BCUT2D eigenvalue weighted by Gasteiger charge is 2.34. The Morgan fingerprint density at radius 3 is 2.71 bits per heavy atom. The maximum Gasteiger partial charge on any atom is 0.184 e. The first kappa shape index (κ1) is 12.8. The number of para-hydroxylation sites is 1. The summed E-state index contributed by atoms with van der Waals surface area (Å²) in [5.74, 6) is 0.0856. The molecule has 0 fully saturated rings. The Kier molecular flexibility index (Phi) is 2.77.